The fourth-order valence-corrected chi connectivity index (χ4v) is 4.59. The largest absolute Gasteiger partial charge is 0.325 e. The molecule has 0 heterocycles. The molecule has 0 saturated heterocycles. The Morgan fingerprint density at radius 3 is 1.97 bits per heavy atom. The van der Waals surface area contributed by atoms with Gasteiger partial charge in [-0.25, -0.2) is 0 Å². The number of thioether (sulfide) groups is 1. The molecule has 4 rings (SSSR count). The molecule has 0 saturated carbocycles. The molecule has 0 spiro atoms. The van der Waals surface area contributed by atoms with E-state index in [1.54, 1.807) is 0 Å². The number of carbonyl (C=O) groups excluding carboxylic acids is 2. The zero-order valence-electron chi connectivity index (χ0n) is 18.5. The Bertz CT molecular complexity index is 1260. The van der Waals surface area contributed by atoms with Gasteiger partial charge in [0.05, 0.1) is 0 Å². The molecule has 2 amide bonds. The molecule has 1 unspecified atom stereocenters. The number of hydrogen-bond acceptors (Lipinski definition) is 3. The Morgan fingerprint density at radius 1 is 0.735 bits per heavy atom. The molecule has 4 nitrogen and oxygen atoms in total. The third kappa shape index (κ3) is 6.37. The Morgan fingerprint density at radius 2 is 1.32 bits per heavy atom. The van der Waals surface area contributed by atoms with E-state index in [0.717, 1.165) is 26.2 Å². The van der Waals surface area contributed by atoms with Crippen molar-refractivity contribution in [3.8, 4) is 0 Å². The van der Waals surface area contributed by atoms with Crippen molar-refractivity contribution < 1.29 is 9.59 Å². The summed E-state index contributed by atoms with van der Waals surface area (Å²) in [4.78, 5) is 26.6. The minimum atomic E-state index is -0.433. The molecule has 0 aromatic heterocycles. The van der Waals surface area contributed by atoms with E-state index in [9.17, 15) is 9.59 Å². The van der Waals surface area contributed by atoms with Gasteiger partial charge < -0.3 is 10.6 Å². The molecule has 170 valence electrons. The van der Waals surface area contributed by atoms with Crippen LogP contribution in [0.15, 0.2) is 112 Å². The summed E-state index contributed by atoms with van der Waals surface area (Å²) in [6, 6.07) is 32.2. The Hall–Kier alpha value is -3.35. The predicted molar refractivity (Wildman–Crippen MR) is 143 cm³/mol. The molecule has 0 radical (unpaired) electrons. The van der Waals surface area contributed by atoms with Crippen molar-refractivity contribution in [2.75, 3.05) is 10.6 Å². The average Bonchev–Trinajstić information content (AvgIpc) is 2.86. The van der Waals surface area contributed by atoms with Gasteiger partial charge in [-0.2, -0.15) is 0 Å². The molecule has 0 aliphatic rings. The third-order valence-corrected chi connectivity index (χ3v) is 6.93. The number of nitrogens with one attached hydrogen (secondary N) is 2. The summed E-state index contributed by atoms with van der Waals surface area (Å²) in [7, 11) is 0. The molecule has 2 N–H and O–H groups in total. The van der Waals surface area contributed by atoms with Crippen molar-refractivity contribution >= 4 is 50.9 Å². The molecule has 0 bridgehead atoms. The highest BCUT2D eigenvalue weighted by Crippen LogP contribution is 2.36. The van der Waals surface area contributed by atoms with Crippen molar-refractivity contribution in [3.05, 3.63) is 124 Å². The first-order valence-corrected chi connectivity index (χ1v) is 12.4. The first-order chi connectivity index (χ1) is 16.5. The van der Waals surface area contributed by atoms with E-state index >= 15 is 0 Å². The predicted octanol–water partition coefficient (Wildman–Crippen LogP) is 7.48. The maximum Gasteiger partial charge on any atom is 0.255 e. The lowest BCUT2D eigenvalue weighted by atomic mass is 10.1. The van der Waals surface area contributed by atoms with Gasteiger partial charge >= 0.3 is 0 Å². The van der Waals surface area contributed by atoms with Crippen LogP contribution in [0, 0.1) is 6.92 Å². The van der Waals surface area contributed by atoms with Crippen LogP contribution < -0.4 is 10.6 Å². The summed E-state index contributed by atoms with van der Waals surface area (Å²) < 4.78 is 0.953. The van der Waals surface area contributed by atoms with Crippen LogP contribution in [0.25, 0.3) is 0 Å². The summed E-state index contributed by atoms with van der Waals surface area (Å²) in [6.45, 7) is 1.99. The standard InChI is InChI=1S/C28H23BrN2O2S/c1-19-7-9-21(10-8-19)27(32)30-24-15-17-25(18-16-24)34-26(20-5-3-2-4-6-20)28(33)31-23-13-11-22(29)12-14-23/h2-18,26H,1H3,(H,30,32)(H,31,33). The molecule has 6 heteroatoms. The SMILES string of the molecule is Cc1ccc(C(=O)Nc2ccc(SC(C(=O)Nc3ccc(Br)cc3)c3ccccc3)cc2)cc1. The Balaban J connectivity index is 1.47. The van der Waals surface area contributed by atoms with Gasteiger partial charge in [0.15, 0.2) is 0 Å². The fraction of sp³-hybridized carbons (Fsp3) is 0.0714. The highest BCUT2D eigenvalue weighted by atomic mass is 79.9. The maximum atomic E-state index is 13.2. The summed E-state index contributed by atoms with van der Waals surface area (Å²) in [6.07, 6.45) is 0. The van der Waals surface area contributed by atoms with Crippen LogP contribution in [0.4, 0.5) is 11.4 Å². The molecule has 4 aromatic carbocycles. The first-order valence-electron chi connectivity index (χ1n) is 10.7. The van der Waals surface area contributed by atoms with E-state index in [1.165, 1.54) is 11.8 Å². The van der Waals surface area contributed by atoms with Gasteiger partial charge in [-0.1, -0.05) is 64.0 Å². The lowest BCUT2D eigenvalue weighted by Crippen LogP contribution is -2.19. The van der Waals surface area contributed by atoms with Crippen LogP contribution >= 0.6 is 27.7 Å². The van der Waals surface area contributed by atoms with E-state index in [0.29, 0.717) is 11.3 Å². The summed E-state index contributed by atoms with van der Waals surface area (Å²) >= 11 is 4.88. The zero-order valence-corrected chi connectivity index (χ0v) is 20.9. The smallest absolute Gasteiger partial charge is 0.255 e. The molecule has 0 fully saturated rings. The molecule has 1 atom stereocenters. The molecule has 0 aliphatic carbocycles. The topological polar surface area (TPSA) is 58.2 Å². The minimum absolute atomic E-state index is 0.102. The maximum absolute atomic E-state index is 13.2. The highest BCUT2D eigenvalue weighted by molar-refractivity contribution is 9.10. The van der Waals surface area contributed by atoms with Gasteiger partial charge in [0.1, 0.15) is 5.25 Å². The van der Waals surface area contributed by atoms with E-state index in [4.69, 9.17) is 0 Å². The summed E-state index contributed by atoms with van der Waals surface area (Å²) in [5.74, 6) is -0.258. The fourth-order valence-electron chi connectivity index (χ4n) is 3.30. The molecule has 4 aromatic rings. The minimum Gasteiger partial charge on any atom is -0.325 e. The molecule has 0 aliphatic heterocycles. The number of aryl methyl sites for hydroxylation is 1. The first kappa shape index (κ1) is 23.8. The summed E-state index contributed by atoms with van der Waals surface area (Å²) in [5.41, 5.74) is 4.07. The number of benzene rings is 4. The third-order valence-electron chi connectivity index (χ3n) is 5.13. The van der Waals surface area contributed by atoms with Gasteiger partial charge in [0, 0.05) is 26.3 Å². The number of rotatable bonds is 7. The van der Waals surface area contributed by atoms with Crippen molar-refractivity contribution in [1.82, 2.24) is 0 Å². The van der Waals surface area contributed by atoms with Crippen molar-refractivity contribution in [2.24, 2.45) is 0 Å². The zero-order chi connectivity index (χ0) is 23.9. The van der Waals surface area contributed by atoms with Crippen LogP contribution in [0.3, 0.4) is 0 Å². The van der Waals surface area contributed by atoms with Crippen LogP contribution in [0.5, 0.6) is 0 Å². The average molecular weight is 531 g/mol. The van der Waals surface area contributed by atoms with Crippen LogP contribution in [-0.2, 0) is 4.79 Å². The number of anilines is 2. The van der Waals surface area contributed by atoms with Gasteiger partial charge in [0.25, 0.3) is 5.91 Å². The second-order valence-corrected chi connectivity index (χ2v) is 9.84. The lowest BCUT2D eigenvalue weighted by Gasteiger charge is -2.17. The second kappa shape index (κ2) is 11.2. The summed E-state index contributed by atoms with van der Waals surface area (Å²) in [5, 5.41) is 5.50. The monoisotopic (exact) mass is 530 g/mol. The van der Waals surface area contributed by atoms with Gasteiger partial charge in [-0.3, -0.25) is 9.59 Å². The number of halogens is 1. The molecular formula is C28H23BrN2O2S. The van der Waals surface area contributed by atoms with E-state index < -0.39 is 5.25 Å². The molecule has 34 heavy (non-hydrogen) atoms. The van der Waals surface area contributed by atoms with E-state index in [1.807, 2.05) is 110 Å². The van der Waals surface area contributed by atoms with Gasteiger partial charge in [0.2, 0.25) is 5.91 Å². The number of hydrogen-bond donors (Lipinski definition) is 2. The van der Waals surface area contributed by atoms with E-state index in [-0.39, 0.29) is 11.8 Å². The van der Waals surface area contributed by atoms with Gasteiger partial charge in [-0.05, 0) is 73.2 Å². The van der Waals surface area contributed by atoms with Crippen LogP contribution in [-0.4, -0.2) is 11.8 Å². The normalized spacial score (nSPS) is 11.5. The Labute approximate surface area is 211 Å². The lowest BCUT2D eigenvalue weighted by molar-refractivity contribution is -0.115. The number of amides is 2. The quantitative estimate of drug-likeness (QED) is 0.243. The highest BCUT2D eigenvalue weighted by Gasteiger charge is 2.22. The van der Waals surface area contributed by atoms with Crippen molar-refractivity contribution in [3.63, 3.8) is 0 Å². The van der Waals surface area contributed by atoms with Crippen LogP contribution in [0.1, 0.15) is 26.7 Å². The Kier molecular flexibility index (Phi) is 7.83. The van der Waals surface area contributed by atoms with Crippen molar-refractivity contribution in [2.45, 2.75) is 17.1 Å². The molecular weight excluding hydrogens is 508 g/mol. The second-order valence-electron chi connectivity index (χ2n) is 7.75. The number of carbonyl (C=O) groups is 2. The van der Waals surface area contributed by atoms with Crippen molar-refractivity contribution in [1.29, 1.82) is 0 Å². The van der Waals surface area contributed by atoms with E-state index in [2.05, 4.69) is 26.6 Å². The van der Waals surface area contributed by atoms with Crippen LogP contribution in [0.2, 0.25) is 0 Å². The van der Waals surface area contributed by atoms with Gasteiger partial charge in [-0.15, -0.1) is 11.8 Å².